The average Bonchev–Trinajstić information content (AvgIpc) is 3.32. The number of carbonyl (C=O) groups excluding carboxylic acids is 1. The lowest BCUT2D eigenvalue weighted by atomic mass is 9.97. The Labute approximate surface area is 181 Å². The van der Waals surface area contributed by atoms with Gasteiger partial charge in [-0.3, -0.25) is 9.69 Å². The molecule has 0 atom stereocenters. The summed E-state index contributed by atoms with van der Waals surface area (Å²) in [7, 11) is 0. The minimum Gasteiger partial charge on any atom is -0.467 e. The highest BCUT2D eigenvalue weighted by molar-refractivity contribution is 7.11. The van der Waals surface area contributed by atoms with Gasteiger partial charge in [0.25, 0.3) is 11.1 Å². The Morgan fingerprint density at radius 2 is 1.73 bits per heavy atom. The van der Waals surface area contributed by atoms with Gasteiger partial charge in [-0.2, -0.15) is 0 Å². The third-order valence-corrected chi connectivity index (χ3v) is 7.10. The highest BCUT2D eigenvalue weighted by Crippen LogP contribution is 2.26. The number of nitrogens with zero attached hydrogens (tertiary/aromatic N) is 3. The van der Waals surface area contributed by atoms with E-state index in [9.17, 15) is 4.79 Å². The number of aromatic nitrogens is 1. The molecule has 0 bridgehead atoms. The molecule has 3 heterocycles. The largest absolute Gasteiger partial charge is 0.467 e. The van der Waals surface area contributed by atoms with Gasteiger partial charge in [0.05, 0.1) is 0 Å². The van der Waals surface area contributed by atoms with E-state index in [0.29, 0.717) is 6.04 Å². The van der Waals surface area contributed by atoms with E-state index in [1.807, 2.05) is 40.6 Å². The first kappa shape index (κ1) is 19.5. The van der Waals surface area contributed by atoms with Crippen LogP contribution in [0.3, 0.4) is 0 Å². The molecule has 156 valence electrons. The number of thiazole rings is 1. The molecule has 2 fully saturated rings. The van der Waals surface area contributed by atoms with Crippen LogP contribution in [0.25, 0.3) is 10.8 Å². The topological polar surface area (TPSA) is 45.7 Å². The van der Waals surface area contributed by atoms with Gasteiger partial charge >= 0.3 is 0 Å². The monoisotopic (exact) mass is 421 g/mol. The number of amides is 1. The van der Waals surface area contributed by atoms with Crippen molar-refractivity contribution in [1.82, 2.24) is 14.8 Å². The summed E-state index contributed by atoms with van der Waals surface area (Å²) in [4.78, 5) is 22.1. The molecule has 5 nitrogen and oxygen atoms in total. The summed E-state index contributed by atoms with van der Waals surface area (Å²) in [6.07, 6.45) is 6.27. The van der Waals surface area contributed by atoms with E-state index in [1.54, 1.807) is 17.5 Å². The average molecular weight is 422 g/mol. The molecular formula is C24H27N3O2S. The van der Waals surface area contributed by atoms with E-state index in [-0.39, 0.29) is 12.0 Å². The summed E-state index contributed by atoms with van der Waals surface area (Å²) < 4.78 is 5.99. The molecule has 0 N–H and O–H groups in total. The maximum atomic E-state index is 13.2. The smallest absolute Gasteiger partial charge is 0.273 e. The van der Waals surface area contributed by atoms with Crippen LogP contribution in [-0.4, -0.2) is 59.0 Å². The number of piperidine rings is 2. The van der Waals surface area contributed by atoms with Gasteiger partial charge in [0.1, 0.15) is 6.10 Å². The van der Waals surface area contributed by atoms with Crippen LogP contribution in [0.4, 0.5) is 0 Å². The lowest BCUT2D eigenvalue weighted by molar-refractivity contribution is 0.0426. The van der Waals surface area contributed by atoms with Crippen LogP contribution >= 0.6 is 11.3 Å². The Kier molecular flexibility index (Phi) is 5.69. The summed E-state index contributed by atoms with van der Waals surface area (Å²) in [5.74, 6) is 0.167. The lowest BCUT2D eigenvalue weighted by Gasteiger charge is -2.41. The highest BCUT2D eigenvalue weighted by Gasteiger charge is 2.31. The zero-order valence-corrected chi connectivity index (χ0v) is 17.9. The van der Waals surface area contributed by atoms with Crippen molar-refractivity contribution in [3.05, 3.63) is 59.6 Å². The Bertz CT molecular complexity index is 985. The molecule has 0 saturated carbocycles. The van der Waals surface area contributed by atoms with E-state index >= 15 is 0 Å². The normalized spacial score (nSPS) is 19.3. The zero-order valence-electron chi connectivity index (χ0n) is 17.1. The van der Waals surface area contributed by atoms with Crippen LogP contribution in [-0.2, 0) is 0 Å². The standard InChI is InChI=1S/C24H27N3O2S/c28-23(22-7-3-5-18-4-1-2-6-21(18)22)27-13-8-19(9-14-27)26-15-10-20(11-16-26)29-24-25-12-17-30-24/h1-7,12,17,19-20H,8-11,13-16H2. The molecule has 3 aromatic rings. The van der Waals surface area contributed by atoms with Gasteiger partial charge in [0, 0.05) is 49.4 Å². The molecular weight excluding hydrogens is 394 g/mol. The number of rotatable bonds is 4. The second kappa shape index (κ2) is 8.74. The van der Waals surface area contributed by atoms with Crippen molar-refractivity contribution in [2.45, 2.75) is 37.8 Å². The van der Waals surface area contributed by atoms with Crippen LogP contribution in [0, 0.1) is 0 Å². The van der Waals surface area contributed by atoms with E-state index < -0.39 is 0 Å². The number of benzene rings is 2. The fourth-order valence-corrected chi connectivity index (χ4v) is 5.34. The van der Waals surface area contributed by atoms with Crippen LogP contribution in [0.1, 0.15) is 36.0 Å². The fraction of sp³-hybridized carbons (Fsp3) is 0.417. The van der Waals surface area contributed by atoms with E-state index in [1.165, 1.54) is 0 Å². The minimum atomic E-state index is 0.167. The molecule has 6 heteroatoms. The van der Waals surface area contributed by atoms with Gasteiger partial charge in [0.2, 0.25) is 0 Å². The highest BCUT2D eigenvalue weighted by atomic mass is 32.1. The molecule has 1 aromatic heterocycles. The van der Waals surface area contributed by atoms with E-state index in [2.05, 4.69) is 22.0 Å². The van der Waals surface area contributed by atoms with Gasteiger partial charge in [-0.25, -0.2) is 4.98 Å². The molecule has 2 aliphatic heterocycles. The van der Waals surface area contributed by atoms with Crippen molar-refractivity contribution in [3.8, 4) is 5.19 Å². The van der Waals surface area contributed by atoms with Crippen LogP contribution < -0.4 is 4.74 Å². The number of hydrogen-bond acceptors (Lipinski definition) is 5. The van der Waals surface area contributed by atoms with Crippen molar-refractivity contribution in [3.63, 3.8) is 0 Å². The summed E-state index contributed by atoms with van der Waals surface area (Å²) >= 11 is 1.56. The quantitative estimate of drug-likeness (QED) is 0.625. The maximum Gasteiger partial charge on any atom is 0.273 e. The first-order valence-corrected chi connectivity index (χ1v) is 11.7. The molecule has 2 aromatic carbocycles. The van der Waals surface area contributed by atoms with Gasteiger partial charge in [-0.1, -0.05) is 47.7 Å². The zero-order chi connectivity index (χ0) is 20.3. The summed E-state index contributed by atoms with van der Waals surface area (Å²) in [5.41, 5.74) is 0.826. The first-order valence-electron chi connectivity index (χ1n) is 10.8. The molecule has 0 aliphatic carbocycles. The van der Waals surface area contributed by atoms with Gasteiger partial charge in [0.15, 0.2) is 0 Å². The molecule has 1 amide bonds. The fourth-order valence-electron chi connectivity index (χ4n) is 4.79. The molecule has 30 heavy (non-hydrogen) atoms. The summed E-state index contributed by atoms with van der Waals surface area (Å²) in [6, 6.07) is 14.7. The Morgan fingerprint density at radius 1 is 0.967 bits per heavy atom. The SMILES string of the molecule is O=C(c1cccc2ccccc12)N1CCC(N2CCC(Oc3nccs3)CC2)CC1. The van der Waals surface area contributed by atoms with Crippen molar-refractivity contribution in [2.75, 3.05) is 26.2 Å². The van der Waals surface area contributed by atoms with Crippen molar-refractivity contribution in [2.24, 2.45) is 0 Å². The molecule has 2 aliphatic rings. The lowest BCUT2D eigenvalue weighted by Crippen LogP contribution is -2.50. The Hall–Kier alpha value is -2.44. The third-order valence-electron chi connectivity index (χ3n) is 6.44. The first-order chi connectivity index (χ1) is 14.8. The number of fused-ring (bicyclic) bond motifs is 1. The predicted octanol–water partition coefficient (Wildman–Crippen LogP) is 4.44. The second-order valence-corrected chi connectivity index (χ2v) is 9.06. The van der Waals surface area contributed by atoms with E-state index in [0.717, 1.165) is 73.4 Å². The van der Waals surface area contributed by atoms with Crippen LogP contribution in [0.5, 0.6) is 5.19 Å². The van der Waals surface area contributed by atoms with Crippen molar-refractivity contribution >= 4 is 28.0 Å². The molecule has 2 saturated heterocycles. The summed E-state index contributed by atoms with van der Waals surface area (Å²) in [6.45, 7) is 3.81. The van der Waals surface area contributed by atoms with Crippen LogP contribution in [0.15, 0.2) is 54.0 Å². The number of likely N-dealkylation sites (tertiary alicyclic amines) is 2. The summed E-state index contributed by atoms with van der Waals surface area (Å²) in [5, 5.41) is 4.92. The Morgan fingerprint density at radius 3 is 2.50 bits per heavy atom. The predicted molar refractivity (Wildman–Crippen MR) is 120 cm³/mol. The third kappa shape index (κ3) is 4.07. The molecule has 0 unspecified atom stereocenters. The molecule has 5 rings (SSSR count). The van der Waals surface area contributed by atoms with Crippen molar-refractivity contribution < 1.29 is 9.53 Å². The number of ether oxygens (including phenoxy) is 1. The van der Waals surface area contributed by atoms with E-state index in [4.69, 9.17) is 4.74 Å². The van der Waals surface area contributed by atoms with Crippen molar-refractivity contribution in [1.29, 1.82) is 0 Å². The van der Waals surface area contributed by atoms with Gasteiger partial charge in [-0.05, 0) is 42.5 Å². The second-order valence-electron chi connectivity index (χ2n) is 8.20. The molecule has 0 spiro atoms. The minimum absolute atomic E-state index is 0.167. The van der Waals surface area contributed by atoms with Gasteiger partial charge in [-0.15, -0.1) is 0 Å². The van der Waals surface area contributed by atoms with Crippen LogP contribution in [0.2, 0.25) is 0 Å². The molecule has 0 radical (unpaired) electrons. The Balaban J connectivity index is 1.15. The number of hydrogen-bond donors (Lipinski definition) is 0. The maximum absolute atomic E-state index is 13.2. The van der Waals surface area contributed by atoms with Gasteiger partial charge < -0.3 is 9.64 Å². The number of carbonyl (C=O) groups is 1.